The predicted molar refractivity (Wildman–Crippen MR) is 214 cm³/mol. The molecule has 7 aromatic carbocycles. The van der Waals surface area contributed by atoms with E-state index in [9.17, 15) is 0 Å². The summed E-state index contributed by atoms with van der Waals surface area (Å²) in [7, 11) is 0. The van der Waals surface area contributed by atoms with Crippen molar-refractivity contribution in [3.63, 3.8) is 0 Å². The number of allylic oxidation sites excluding steroid dienone is 1. The molecule has 0 saturated carbocycles. The van der Waals surface area contributed by atoms with Crippen molar-refractivity contribution in [1.82, 2.24) is 5.32 Å². The average Bonchev–Trinajstić information content (AvgIpc) is 3.76. The molecule has 1 atom stereocenters. The van der Waals surface area contributed by atoms with Crippen molar-refractivity contribution < 1.29 is 8.83 Å². The maximum absolute atomic E-state index is 6.47. The minimum Gasteiger partial charge on any atom is -0.456 e. The molecule has 0 aliphatic carbocycles. The first-order valence-corrected chi connectivity index (χ1v) is 17.9. The SMILES string of the molecule is C1=C(c2ccccc2)NC(c2ccccc2)=NC(c2cccc3oc4ccc(-c5ccc(-c6ccc7oc8ccccc8c7c6)cc5)cc4c23)CC1. The summed E-state index contributed by atoms with van der Waals surface area (Å²) in [6, 6.07) is 57.3. The van der Waals surface area contributed by atoms with Crippen molar-refractivity contribution >= 4 is 55.4 Å². The molecule has 3 heterocycles. The molecule has 0 saturated heterocycles. The van der Waals surface area contributed by atoms with Gasteiger partial charge in [-0.05, 0) is 82.6 Å². The number of aliphatic imine (C=N–C) groups is 1. The van der Waals surface area contributed by atoms with E-state index in [-0.39, 0.29) is 6.04 Å². The first kappa shape index (κ1) is 30.2. The first-order valence-electron chi connectivity index (χ1n) is 17.9. The molecule has 0 radical (unpaired) electrons. The minimum atomic E-state index is -0.0617. The van der Waals surface area contributed by atoms with Crippen LogP contribution in [0.3, 0.4) is 0 Å². The highest BCUT2D eigenvalue weighted by Crippen LogP contribution is 2.40. The third-order valence-corrected chi connectivity index (χ3v) is 10.3. The fourth-order valence-electron chi connectivity index (χ4n) is 7.66. The van der Waals surface area contributed by atoms with Gasteiger partial charge in [-0.2, -0.15) is 0 Å². The number of rotatable bonds is 5. The molecule has 1 unspecified atom stereocenters. The van der Waals surface area contributed by atoms with Crippen molar-refractivity contribution in [3.05, 3.63) is 187 Å². The zero-order valence-corrected chi connectivity index (χ0v) is 28.4. The van der Waals surface area contributed by atoms with E-state index in [1.807, 2.05) is 18.2 Å². The van der Waals surface area contributed by atoms with Gasteiger partial charge in [0.25, 0.3) is 0 Å². The van der Waals surface area contributed by atoms with E-state index in [1.54, 1.807) is 0 Å². The lowest BCUT2D eigenvalue weighted by atomic mass is 9.94. The minimum absolute atomic E-state index is 0.0617. The lowest BCUT2D eigenvalue weighted by Gasteiger charge is -2.22. The van der Waals surface area contributed by atoms with Gasteiger partial charge in [-0.25, -0.2) is 0 Å². The van der Waals surface area contributed by atoms with Crippen molar-refractivity contribution in [2.24, 2.45) is 4.99 Å². The number of hydrogen-bond donors (Lipinski definition) is 1. The van der Waals surface area contributed by atoms with Crippen molar-refractivity contribution in [2.45, 2.75) is 18.9 Å². The predicted octanol–water partition coefficient (Wildman–Crippen LogP) is 12.7. The normalized spacial score (nSPS) is 15.0. The molecule has 248 valence electrons. The number of para-hydroxylation sites is 1. The molecule has 1 aliphatic rings. The Morgan fingerprint density at radius 2 is 1.04 bits per heavy atom. The quantitative estimate of drug-likeness (QED) is 0.198. The third kappa shape index (κ3) is 5.37. The van der Waals surface area contributed by atoms with Gasteiger partial charge in [-0.3, -0.25) is 4.99 Å². The molecule has 1 N–H and O–H groups in total. The number of hydrogen-bond acceptors (Lipinski definition) is 4. The van der Waals surface area contributed by atoms with Crippen molar-refractivity contribution in [1.29, 1.82) is 0 Å². The molecular formula is C48H34N2O2. The second-order valence-electron chi connectivity index (χ2n) is 13.5. The summed E-state index contributed by atoms with van der Waals surface area (Å²) in [4.78, 5) is 5.46. The van der Waals surface area contributed by atoms with E-state index in [0.29, 0.717) is 0 Å². The molecule has 0 amide bonds. The number of benzene rings is 7. The lowest BCUT2D eigenvalue weighted by Crippen LogP contribution is -2.25. The van der Waals surface area contributed by atoms with Crippen molar-refractivity contribution in [3.8, 4) is 22.3 Å². The number of furan rings is 2. The van der Waals surface area contributed by atoms with Crippen LogP contribution in [0.1, 0.15) is 35.6 Å². The van der Waals surface area contributed by atoms with Crippen LogP contribution in [0.15, 0.2) is 184 Å². The van der Waals surface area contributed by atoms with Crippen LogP contribution in [0.4, 0.5) is 0 Å². The summed E-state index contributed by atoms with van der Waals surface area (Å²) in [6.45, 7) is 0. The highest BCUT2D eigenvalue weighted by Gasteiger charge is 2.22. The number of nitrogens with zero attached hydrogens (tertiary/aromatic N) is 1. The Balaban J connectivity index is 1.02. The molecule has 0 spiro atoms. The van der Waals surface area contributed by atoms with Gasteiger partial charge in [0.15, 0.2) is 0 Å². The van der Waals surface area contributed by atoms with Gasteiger partial charge in [0.1, 0.15) is 28.2 Å². The molecule has 10 rings (SSSR count). The number of nitrogens with one attached hydrogen (secondary N) is 1. The second-order valence-corrected chi connectivity index (χ2v) is 13.5. The summed E-state index contributed by atoms with van der Waals surface area (Å²) in [5.41, 5.74) is 12.7. The Labute approximate surface area is 301 Å². The molecule has 0 fully saturated rings. The maximum Gasteiger partial charge on any atom is 0.135 e. The lowest BCUT2D eigenvalue weighted by molar-refractivity contribution is 0.655. The van der Waals surface area contributed by atoms with Gasteiger partial charge in [-0.15, -0.1) is 0 Å². The Kier molecular flexibility index (Phi) is 7.31. The third-order valence-electron chi connectivity index (χ3n) is 10.3. The smallest absolute Gasteiger partial charge is 0.135 e. The highest BCUT2D eigenvalue weighted by molar-refractivity contribution is 6.09. The Morgan fingerprint density at radius 1 is 0.462 bits per heavy atom. The molecule has 4 nitrogen and oxygen atoms in total. The topological polar surface area (TPSA) is 50.7 Å². The van der Waals surface area contributed by atoms with Gasteiger partial charge in [-0.1, -0.05) is 133 Å². The van der Waals surface area contributed by atoms with E-state index in [2.05, 4.69) is 157 Å². The Morgan fingerprint density at radius 3 is 1.79 bits per heavy atom. The van der Waals surface area contributed by atoms with Gasteiger partial charge < -0.3 is 14.2 Å². The standard InChI is InChI=1S/C48H34N2O2/c1-3-11-33(12-4-1)41-17-10-18-42(50-48(49-41)34-13-5-2-6-14-34)38-16-9-20-46-47(38)40-30-36(26-28-45(40)52-46)32-23-21-31(22-24-32)35-25-27-44-39(29-35)37-15-7-8-19-43(37)51-44/h1-9,11-17,19-30,42H,10,18H2,(H,49,50). The molecule has 9 aromatic rings. The monoisotopic (exact) mass is 670 g/mol. The molecule has 4 heteroatoms. The van der Waals surface area contributed by atoms with Crippen LogP contribution in [0, 0.1) is 0 Å². The number of fused-ring (bicyclic) bond motifs is 6. The van der Waals surface area contributed by atoms with E-state index in [4.69, 9.17) is 13.8 Å². The molecule has 52 heavy (non-hydrogen) atoms. The highest BCUT2D eigenvalue weighted by atomic mass is 16.3. The molecule has 0 bridgehead atoms. The summed E-state index contributed by atoms with van der Waals surface area (Å²) < 4.78 is 12.5. The molecule has 1 aliphatic heterocycles. The van der Waals surface area contributed by atoms with Crippen LogP contribution in [0.25, 0.3) is 71.8 Å². The largest absolute Gasteiger partial charge is 0.456 e. The summed E-state index contributed by atoms with van der Waals surface area (Å²) >= 11 is 0. The zero-order chi connectivity index (χ0) is 34.4. The first-order chi connectivity index (χ1) is 25.7. The van der Waals surface area contributed by atoms with Gasteiger partial charge >= 0.3 is 0 Å². The second kappa shape index (κ2) is 12.6. The van der Waals surface area contributed by atoms with Crippen LogP contribution in [0.5, 0.6) is 0 Å². The summed E-state index contributed by atoms with van der Waals surface area (Å²) in [5, 5.41) is 8.23. The van der Waals surface area contributed by atoms with E-state index in [1.165, 1.54) is 16.7 Å². The van der Waals surface area contributed by atoms with Crippen LogP contribution in [-0.4, -0.2) is 5.84 Å². The van der Waals surface area contributed by atoms with Gasteiger partial charge in [0.05, 0.1) is 6.04 Å². The van der Waals surface area contributed by atoms with E-state index < -0.39 is 0 Å². The summed E-state index contributed by atoms with van der Waals surface area (Å²) in [6.07, 6.45) is 4.08. The van der Waals surface area contributed by atoms with Crippen LogP contribution in [0.2, 0.25) is 0 Å². The van der Waals surface area contributed by atoms with Crippen molar-refractivity contribution in [2.75, 3.05) is 0 Å². The fraction of sp³-hybridized carbons (Fsp3) is 0.0625. The fourth-order valence-corrected chi connectivity index (χ4v) is 7.66. The average molecular weight is 671 g/mol. The van der Waals surface area contributed by atoms with Crippen LogP contribution in [-0.2, 0) is 0 Å². The van der Waals surface area contributed by atoms with Crippen LogP contribution >= 0.6 is 0 Å². The summed E-state index contributed by atoms with van der Waals surface area (Å²) in [5.74, 6) is 0.867. The Bertz CT molecular complexity index is 2810. The van der Waals surface area contributed by atoms with E-state index in [0.717, 1.165) is 90.5 Å². The number of amidine groups is 1. The molecular weight excluding hydrogens is 637 g/mol. The Hall–Kier alpha value is -6.65. The zero-order valence-electron chi connectivity index (χ0n) is 28.4. The van der Waals surface area contributed by atoms with Gasteiger partial charge in [0, 0.05) is 32.8 Å². The van der Waals surface area contributed by atoms with Gasteiger partial charge in [0.2, 0.25) is 0 Å². The van der Waals surface area contributed by atoms with E-state index >= 15 is 0 Å². The van der Waals surface area contributed by atoms with Crippen LogP contribution < -0.4 is 5.32 Å². The maximum atomic E-state index is 6.47. The molecule has 2 aromatic heterocycles.